The zero-order chi connectivity index (χ0) is 12.8. The van der Waals surface area contributed by atoms with Gasteiger partial charge < -0.3 is 5.32 Å². The van der Waals surface area contributed by atoms with Gasteiger partial charge in [0.1, 0.15) is 17.0 Å². The minimum atomic E-state index is 0.624. The van der Waals surface area contributed by atoms with E-state index in [2.05, 4.69) is 34.3 Å². The summed E-state index contributed by atoms with van der Waals surface area (Å²) in [6.07, 6.45) is 5.18. The molecule has 4 nitrogen and oxygen atoms in total. The molecule has 0 unspecified atom stereocenters. The van der Waals surface area contributed by atoms with E-state index in [9.17, 15) is 0 Å². The molecule has 0 spiro atoms. The van der Waals surface area contributed by atoms with Crippen molar-refractivity contribution in [2.75, 3.05) is 11.9 Å². The lowest BCUT2D eigenvalue weighted by Gasteiger charge is -2.04. The van der Waals surface area contributed by atoms with Crippen LogP contribution in [0.25, 0.3) is 10.2 Å². The van der Waals surface area contributed by atoms with E-state index >= 15 is 0 Å². The molecule has 2 aromatic rings. The normalized spacial score (nSPS) is 10.4. The molecular weight excluding hydrogens is 244 g/mol. The van der Waals surface area contributed by atoms with Crippen molar-refractivity contribution in [2.45, 2.75) is 32.6 Å². The maximum absolute atomic E-state index is 8.46. The van der Waals surface area contributed by atoms with Crippen LogP contribution < -0.4 is 5.32 Å². The van der Waals surface area contributed by atoms with E-state index in [0.29, 0.717) is 6.42 Å². The van der Waals surface area contributed by atoms with Gasteiger partial charge in [-0.1, -0.05) is 6.92 Å². The Morgan fingerprint density at radius 1 is 1.39 bits per heavy atom. The van der Waals surface area contributed by atoms with Crippen molar-refractivity contribution in [3.63, 3.8) is 0 Å². The molecule has 2 aromatic heterocycles. The molecule has 0 aliphatic heterocycles. The largest absolute Gasteiger partial charge is 0.369 e. The van der Waals surface area contributed by atoms with Gasteiger partial charge in [-0.25, -0.2) is 9.97 Å². The fourth-order valence-corrected chi connectivity index (χ4v) is 2.69. The standard InChI is InChI=1S/C13H16N4S/c1-2-10-8-11-12(15-7-5-3-4-6-14)16-9-17-13(11)18-10/h8-9H,2-5,7H2,1H3,(H,15,16,17). The van der Waals surface area contributed by atoms with E-state index in [1.165, 1.54) is 4.88 Å². The van der Waals surface area contributed by atoms with E-state index in [1.807, 2.05) is 0 Å². The molecule has 0 saturated heterocycles. The summed E-state index contributed by atoms with van der Waals surface area (Å²) in [5.74, 6) is 0.910. The number of nitrogens with zero attached hydrogens (tertiary/aromatic N) is 3. The van der Waals surface area contributed by atoms with Crippen LogP contribution in [0.1, 0.15) is 31.1 Å². The highest BCUT2D eigenvalue weighted by molar-refractivity contribution is 7.18. The lowest BCUT2D eigenvalue weighted by Crippen LogP contribution is -2.03. The Labute approximate surface area is 111 Å². The number of hydrogen-bond donors (Lipinski definition) is 1. The lowest BCUT2D eigenvalue weighted by molar-refractivity contribution is 0.783. The smallest absolute Gasteiger partial charge is 0.138 e. The van der Waals surface area contributed by atoms with Crippen molar-refractivity contribution in [3.8, 4) is 6.07 Å². The summed E-state index contributed by atoms with van der Waals surface area (Å²) in [7, 11) is 0. The Bertz CT molecular complexity index is 556. The first kappa shape index (κ1) is 12.8. The van der Waals surface area contributed by atoms with Crippen LogP contribution in [0.3, 0.4) is 0 Å². The van der Waals surface area contributed by atoms with E-state index in [-0.39, 0.29) is 0 Å². The van der Waals surface area contributed by atoms with Crippen LogP contribution in [0.4, 0.5) is 5.82 Å². The Balaban J connectivity index is 2.04. The molecule has 0 amide bonds. The lowest BCUT2D eigenvalue weighted by atomic mass is 10.2. The average Bonchev–Trinajstić information content (AvgIpc) is 2.82. The van der Waals surface area contributed by atoms with Gasteiger partial charge in [0.2, 0.25) is 0 Å². The SMILES string of the molecule is CCc1cc2c(NCCCCC#N)ncnc2s1. The van der Waals surface area contributed by atoms with Crippen LogP contribution in [-0.2, 0) is 6.42 Å². The van der Waals surface area contributed by atoms with E-state index in [1.54, 1.807) is 17.7 Å². The highest BCUT2D eigenvalue weighted by atomic mass is 32.1. The van der Waals surface area contributed by atoms with Gasteiger partial charge in [-0.05, 0) is 25.3 Å². The van der Waals surface area contributed by atoms with Gasteiger partial charge in [-0.15, -0.1) is 11.3 Å². The quantitative estimate of drug-likeness (QED) is 0.809. The number of anilines is 1. The minimum absolute atomic E-state index is 0.624. The van der Waals surface area contributed by atoms with Crippen molar-refractivity contribution >= 4 is 27.4 Å². The third-order valence-corrected chi connectivity index (χ3v) is 3.92. The fourth-order valence-electron chi connectivity index (χ4n) is 1.76. The second-order valence-electron chi connectivity index (χ2n) is 4.05. The number of fused-ring (bicyclic) bond motifs is 1. The molecule has 2 heterocycles. The van der Waals surface area contributed by atoms with Crippen molar-refractivity contribution < 1.29 is 0 Å². The van der Waals surface area contributed by atoms with Crippen molar-refractivity contribution in [1.29, 1.82) is 5.26 Å². The van der Waals surface area contributed by atoms with Crippen molar-refractivity contribution in [2.24, 2.45) is 0 Å². The van der Waals surface area contributed by atoms with E-state index in [4.69, 9.17) is 5.26 Å². The number of rotatable bonds is 6. The van der Waals surface area contributed by atoms with Crippen LogP contribution in [0.2, 0.25) is 0 Å². The molecule has 5 heteroatoms. The Morgan fingerprint density at radius 3 is 3.06 bits per heavy atom. The Kier molecular flexibility index (Phi) is 4.48. The zero-order valence-electron chi connectivity index (χ0n) is 10.4. The molecule has 0 radical (unpaired) electrons. The Hall–Kier alpha value is -1.67. The maximum atomic E-state index is 8.46. The van der Waals surface area contributed by atoms with Gasteiger partial charge in [-0.3, -0.25) is 0 Å². The first-order chi connectivity index (χ1) is 8.85. The molecule has 2 rings (SSSR count). The predicted molar refractivity (Wildman–Crippen MR) is 74.7 cm³/mol. The molecule has 0 aliphatic rings. The van der Waals surface area contributed by atoms with Crippen LogP contribution >= 0.6 is 11.3 Å². The molecule has 0 saturated carbocycles. The van der Waals surface area contributed by atoms with Gasteiger partial charge in [-0.2, -0.15) is 5.26 Å². The monoisotopic (exact) mass is 260 g/mol. The summed E-state index contributed by atoms with van der Waals surface area (Å²) < 4.78 is 0. The Morgan fingerprint density at radius 2 is 2.28 bits per heavy atom. The van der Waals surface area contributed by atoms with Gasteiger partial charge in [0.15, 0.2) is 0 Å². The van der Waals surface area contributed by atoms with Gasteiger partial charge in [0.25, 0.3) is 0 Å². The summed E-state index contributed by atoms with van der Waals surface area (Å²) in [6.45, 7) is 3.00. The van der Waals surface area contributed by atoms with E-state index < -0.39 is 0 Å². The number of thiophene rings is 1. The van der Waals surface area contributed by atoms with Gasteiger partial charge in [0.05, 0.1) is 11.5 Å². The predicted octanol–water partition coefficient (Wildman–Crippen LogP) is 3.36. The molecule has 18 heavy (non-hydrogen) atoms. The average molecular weight is 260 g/mol. The molecule has 0 atom stereocenters. The molecule has 0 fully saturated rings. The van der Waals surface area contributed by atoms with E-state index in [0.717, 1.165) is 41.8 Å². The first-order valence-corrected chi connectivity index (χ1v) is 7.01. The van der Waals surface area contributed by atoms with Crippen LogP contribution in [0.5, 0.6) is 0 Å². The number of hydrogen-bond acceptors (Lipinski definition) is 5. The molecule has 1 N–H and O–H groups in total. The molecule has 0 aliphatic carbocycles. The van der Waals surface area contributed by atoms with Gasteiger partial charge >= 0.3 is 0 Å². The fraction of sp³-hybridized carbons (Fsp3) is 0.462. The number of aryl methyl sites for hydroxylation is 1. The number of unbranched alkanes of at least 4 members (excludes halogenated alkanes) is 2. The third-order valence-electron chi connectivity index (χ3n) is 2.74. The summed E-state index contributed by atoms with van der Waals surface area (Å²) in [6, 6.07) is 4.32. The van der Waals surface area contributed by atoms with Crippen LogP contribution in [0.15, 0.2) is 12.4 Å². The van der Waals surface area contributed by atoms with Crippen LogP contribution in [-0.4, -0.2) is 16.5 Å². The number of nitrogens with one attached hydrogen (secondary N) is 1. The number of nitriles is 1. The molecule has 94 valence electrons. The molecule has 0 bridgehead atoms. The van der Waals surface area contributed by atoms with Crippen molar-refractivity contribution in [1.82, 2.24) is 9.97 Å². The summed E-state index contributed by atoms with van der Waals surface area (Å²) in [4.78, 5) is 11.0. The second-order valence-corrected chi connectivity index (χ2v) is 5.16. The third kappa shape index (κ3) is 2.96. The summed E-state index contributed by atoms with van der Waals surface area (Å²) >= 11 is 1.72. The topological polar surface area (TPSA) is 61.6 Å². The summed E-state index contributed by atoms with van der Waals surface area (Å²) in [5.41, 5.74) is 0. The minimum Gasteiger partial charge on any atom is -0.369 e. The molecular formula is C13H16N4S. The highest BCUT2D eigenvalue weighted by Gasteiger charge is 2.07. The maximum Gasteiger partial charge on any atom is 0.138 e. The molecule has 0 aromatic carbocycles. The summed E-state index contributed by atoms with van der Waals surface area (Å²) in [5, 5.41) is 12.9. The van der Waals surface area contributed by atoms with Gasteiger partial charge in [0, 0.05) is 17.8 Å². The van der Waals surface area contributed by atoms with Crippen LogP contribution in [0, 0.1) is 11.3 Å². The second kappa shape index (κ2) is 6.31. The highest BCUT2D eigenvalue weighted by Crippen LogP contribution is 2.28. The number of aromatic nitrogens is 2. The zero-order valence-corrected chi connectivity index (χ0v) is 11.3. The first-order valence-electron chi connectivity index (χ1n) is 6.19. The van der Waals surface area contributed by atoms with Crippen molar-refractivity contribution in [3.05, 3.63) is 17.3 Å².